The van der Waals surface area contributed by atoms with Crippen molar-refractivity contribution in [3.05, 3.63) is 108 Å². The van der Waals surface area contributed by atoms with Crippen LogP contribution in [0.2, 0.25) is 0 Å². The SMILES string of the molecule is CCOP(=O)(OCC)C(F)(F)C1(O)O[C@H](COCc2ccccc2)[C@@H](OCc2ccccc2)[C@@H]1OCc1ccccc1. The van der Waals surface area contributed by atoms with Crippen LogP contribution in [0.3, 0.4) is 0 Å². The summed E-state index contributed by atoms with van der Waals surface area (Å²) >= 11 is 0. The molecule has 1 N–H and O–H groups in total. The van der Waals surface area contributed by atoms with Gasteiger partial charge < -0.3 is 33.1 Å². The Labute approximate surface area is 245 Å². The number of rotatable bonds is 16. The Kier molecular flexibility index (Phi) is 11.4. The van der Waals surface area contributed by atoms with E-state index >= 15 is 8.78 Å². The van der Waals surface area contributed by atoms with E-state index in [-0.39, 0.29) is 39.6 Å². The average molecular weight is 607 g/mol. The van der Waals surface area contributed by atoms with Crippen molar-refractivity contribution in [2.24, 2.45) is 0 Å². The lowest BCUT2D eigenvalue weighted by atomic mass is 10.0. The van der Waals surface area contributed by atoms with Crippen molar-refractivity contribution < 1.29 is 46.4 Å². The predicted molar refractivity (Wildman–Crippen MR) is 152 cm³/mol. The Bertz CT molecular complexity index is 1260. The van der Waals surface area contributed by atoms with Gasteiger partial charge in [0.15, 0.2) is 0 Å². The second kappa shape index (κ2) is 14.8. The van der Waals surface area contributed by atoms with E-state index in [0.29, 0.717) is 5.56 Å². The normalized spacial score (nSPS) is 22.8. The van der Waals surface area contributed by atoms with Crippen molar-refractivity contribution in [2.75, 3.05) is 19.8 Å². The van der Waals surface area contributed by atoms with Crippen LogP contribution in [0.15, 0.2) is 91.0 Å². The van der Waals surface area contributed by atoms with Crippen LogP contribution in [-0.2, 0) is 52.4 Å². The van der Waals surface area contributed by atoms with Gasteiger partial charge in [-0.25, -0.2) is 0 Å². The van der Waals surface area contributed by atoms with Crippen LogP contribution >= 0.6 is 7.60 Å². The number of halogens is 2. The summed E-state index contributed by atoms with van der Waals surface area (Å²) in [6.07, 6.45) is -4.29. The summed E-state index contributed by atoms with van der Waals surface area (Å²) in [5.74, 6) is -3.45. The van der Waals surface area contributed by atoms with Crippen LogP contribution in [-0.4, -0.2) is 54.7 Å². The Hall–Kier alpha value is -2.53. The van der Waals surface area contributed by atoms with Gasteiger partial charge in [0.25, 0.3) is 5.79 Å². The number of alkyl halides is 2. The smallest absolute Gasteiger partial charge is 0.374 e. The van der Waals surface area contributed by atoms with E-state index in [4.69, 9.17) is 28.0 Å². The van der Waals surface area contributed by atoms with Gasteiger partial charge in [0.05, 0.1) is 39.6 Å². The molecule has 3 aromatic rings. The van der Waals surface area contributed by atoms with Gasteiger partial charge in [0, 0.05) is 0 Å². The Balaban J connectivity index is 1.68. The molecule has 0 spiro atoms. The van der Waals surface area contributed by atoms with Gasteiger partial charge in [-0.2, -0.15) is 8.78 Å². The summed E-state index contributed by atoms with van der Waals surface area (Å²) in [7, 11) is -5.26. The molecule has 0 aliphatic carbocycles. The highest BCUT2D eigenvalue weighted by atomic mass is 31.2. The summed E-state index contributed by atoms with van der Waals surface area (Å²) in [6.45, 7) is 1.87. The van der Waals surface area contributed by atoms with Gasteiger partial charge in [0.1, 0.15) is 18.3 Å². The van der Waals surface area contributed by atoms with Crippen LogP contribution < -0.4 is 0 Å². The van der Waals surface area contributed by atoms with E-state index in [0.717, 1.165) is 11.1 Å². The molecule has 1 aliphatic heterocycles. The maximum absolute atomic E-state index is 16.3. The molecule has 0 aromatic heterocycles. The minimum absolute atomic E-state index is 0.00544. The number of ether oxygens (including phenoxy) is 4. The third-order valence-corrected chi connectivity index (χ3v) is 8.91. The molecule has 0 bridgehead atoms. The first-order chi connectivity index (χ1) is 20.2. The third-order valence-electron chi connectivity index (χ3n) is 6.71. The van der Waals surface area contributed by atoms with E-state index in [1.165, 1.54) is 13.8 Å². The molecular weight excluding hydrogens is 569 g/mol. The van der Waals surface area contributed by atoms with Crippen molar-refractivity contribution >= 4 is 7.60 Å². The molecule has 0 radical (unpaired) electrons. The van der Waals surface area contributed by atoms with Crippen molar-refractivity contribution in [3.63, 3.8) is 0 Å². The van der Waals surface area contributed by atoms with Crippen molar-refractivity contribution in [1.29, 1.82) is 0 Å². The van der Waals surface area contributed by atoms with Crippen molar-refractivity contribution in [1.82, 2.24) is 0 Å². The van der Waals surface area contributed by atoms with Gasteiger partial charge in [-0.3, -0.25) is 4.57 Å². The van der Waals surface area contributed by atoms with E-state index in [1.54, 1.807) is 30.3 Å². The van der Waals surface area contributed by atoms with Gasteiger partial charge >= 0.3 is 13.3 Å². The van der Waals surface area contributed by atoms with E-state index in [9.17, 15) is 9.67 Å². The minimum Gasteiger partial charge on any atom is -0.374 e. The van der Waals surface area contributed by atoms with Crippen LogP contribution in [0, 0.1) is 0 Å². The third kappa shape index (κ3) is 7.33. The number of hydrogen-bond acceptors (Lipinski definition) is 8. The molecule has 228 valence electrons. The molecule has 1 fully saturated rings. The lowest BCUT2D eigenvalue weighted by Crippen LogP contribution is -2.58. The average Bonchev–Trinajstić information content (AvgIpc) is 3.28. The fraction of sp³-hybridized carbons (Fsp3) is 0.419. The van der Waals surface area contributed by atoms with Gasteiger partial charge in [0.2, 0.25) is 0 Å². The van der Waals surface area contributed by atoms with Crippen LogP contribution in [0.4, 0.5) is 8.78 Å². The summed E-state index contributed by atoms with van der Waals surface area (Å²) < 4.78 is 79.8. The Morgan fingerprint density at radius 1 is 0.786 bits per heavy atom. The van der Waals surface area contributed by atoms with Gasteiger partial charge in [-0.05, 0) is 30.5 Å². The predicted octanol–water partition coefficient (Wildman–Crippen LogP) is 6.32. The fourth-order valence-corrected chi connectivity index (χ4v) is 6.34. The summed E-state index contributed by atoms with van der Waals surface area (Å²) in [5.41, 5.74) is -2.27. The molecule has 4 rings (SSSR count). The second-order valence-corrected chi connectivity index (χ2v) is 11.8. The van der Waals surface area contributed by atoms with Crippen LogP contribution in [0.1, 0.15) is 30.5 Å². The summed E-state index contributed by atoms with van der Waals surface area (Å²) in [6, 6.07) is 27.2. The molecule has 42 heavy (non-hydrogen) atoms. The summed E-state index contributed by atoms with van der Waals surface area (Å²) in [5, 5.41) is 11.7. The molecule has 11 heteroatoms. The fourth-order valence-electron chi connectivity index (χ4n) is 4.69. The molecule has 1 unspecified atom stereocenters. The van der Waals surface area contributed by atoms with E-state index in [1.807, 2.05) is 60.7 Å². The first-order valence-corrected chi connectivity index (χ1v) is 15.4. The maximum atomic E-state index is 16.3. The molecule has 0 amide bonds. The van der Waals surface area contributed by atoms with Crippen LogP contribution in [0.5, 0.6) is 0 Å². The lowest BCUT2D eigenvalue weighted by molar-refractivity contribution is -0.318. The van der Waals surface area contributed by atoms with Crippen molar-refractivity contribution in [3.8, 4) is 0 Å². The quantitative estimate of drug-likeness (QED) is 0.190. The molecule has 1 heterocycles. The molecule has 0 saturated carbocycles. The highest BCUT2D eigenvalue weighted by Gasteiger charge is 2.76. The van der Waals surface area contributed by atoms with Crippen molar-refractivity contribution in [2.45, 2.75) is 63.4 Å². The molecule has 3 aromatic carbocycles. The number of benzene rings is 3. The number of aliphatic hydroxyl groups is 1. The Morgan fingerprint density at radius 2 is 1.24 bits per heavy atom. The van der Waals surface area contributed by atoms with Gasteiger partial charge in [-0.15, -0.1) is 0 Å². The zero-order valence-electron chi connectivity index (χ0n) is 23.6. The standard InChI is InChI=1S/C31H37F2O8P/c1-3-39-42(35,40-4-2)31(32,33)30(34)29(38-22-26-18-12-7-13-19-26)28(37-21-25-16-10-6-11-17-25)27(41-30)23-36-20-24-14-8-5-9-15-24/h5-19,27-29,34H,3-4,20-23H2,1-2H3/t27-,28-,29+,30?/m1/s1. The topological polar surface area (TPSA) is 92.7 Å². The highest BCUT2D eigenvalue weighted by molar-refractivity contribution is 7.55. The minimum atomic E-state index is -5.26. The summed E-state index contributed by atoms with van der Waals surface area (Å²) in [4.78, 5) is 0. The zero-order chi connectivity index (χ0) is 30.1. The molecular formula is C31H37F2O8P. The van der Waals surface area contributed by atoms with E-state index < -0.39 is 37.4 Å². The highest BCUT2D eigenvalue weighted by Crippen LogP contribution is 2.68. The first kappa shape index (κ1) is 32.4. The number of hydrogen-bond donors (Lipinski definition) is 1. The largest absolute Gasteiger partial charge is 0.405 e. The second-order valence-electron chi connectivity index (χ2n) is 9.71. The van der Waals surface area contributed by atoms with E-state index in [2.05, 4.69) is 0 Å². The van der Waals surface area contributed by atoms with Crippen LogP contribution in [0.25, 0.3) is 0 Å². The zero-order valence-corrected chi connectivity index (χ0v) is 24.5. The lowest BCUT2D eigenvalue weighted by Gasteiger charge is -2.38. The monoisotopic (exact) mass is 606 g/mol. The maximum Gasteiger partial charge on any atom is 0.405 e. The molecule has 8 nitrogen and oxygen atoms in total. The molecule has 1 aliphatic rings. The molecule has 4 atom stereocenters. The Morgan fingerprint density at radius 3 is 1.71 bits per heavy atom. The first-order valence-electron chi connectivity index (χ1n) is 13.8. The van der Waals surface area contributed by atoms with Gasteiger partial charge in [-0.1, -0.05) is 91.0 Å². The molecule has 1 saturated heterocycles.